The standard InChI is InChI=1S/C20H39N3O2.HI/c1-21-20(23(2)14-16-24-17-18-11-12-18)22-13-7-8-15-25-19-9-5-3-4-6-10-19;/h18-19H,3-17H2,1-2H3,(H,21,22);1H. The molecule has 1 N–H and O–H groups in total. The second-order valence-corrected chi connectivity index (χ2v) is 7.61. The molecule has 154 valence electrons. The monoisotopic (exact) mass is 481 g/mol. The SMILES string of the molecule is CN=C(NCCCCOC1CCCCCC1)N(C)CCOCC1CC1.I. The molecule has 0 unspecified atom stereocenters. The summed E-state index contributed by atoms with van der Waals surface area (Å²) < 4.78 is 11.8. The number of hydrogen-bond donors (Lipinski definition) is 1. The lowest BCUT2D eigenvalue weighted by Gasteiger charge is -2.22. The van der Waals surface area contributed by atoms with Gasteiger partial charge in [0.2, 0.25) is 0 Å². The van der Waals surface area contributed by atoms with Crippen molar-refractivity contribution in [3.63, 3.8) is 0 Å². The zero-order valence-corrected chi connectivity index (χ0v) is 19.2. The smallest absolute Gasteiger partial charge is 0.193 e. The van der Waals surface area contributed by atoms with Gasteiger partial charge in [-0.3, -0.25) is 4.99 Å². The zero-order chi connectivity index (χ0) is 17.7. The highest BCUT2D eigenvalue weighted by Gasteiger charge is 2.21. The average Bonchev–Trinajstić information content (AvgIpc) is 3.45. The molecule has 5 nitrogen and oxygen atoms in total. The molecule has 2 saturated carbocycles. The number of aliphatic imine (C=N–C) groups is 1. The van der Waals surface area contributed by atoms with E-state index in [-0.39, 0.29) is 24.0 Å². The van der Waals surface area contributed by atoms with E-state index >= 15 is 0 Å². The maximum absolute atomic E-state index is 6.05. The van der Waals surface area contributed by atoms with Crippen molar-refractivity contribution in [3.05, 3.63) is 0 Å². The lowest BCUT2D eigenvalue weighted by molar-refractivity contribution is 0.0411. The second kappa shape index (κ2) is 14.9. The van der Waals surface area contributed by atoms with Crippen LogP contribution in [0.1, 0.15) is 64.2 Å². The first kappa shape index (κ1) is 24.0. The molecule has 6 heteroatoms. The fourth-order valence-corrected chi connectivity index (χ4v) is 3.31. The Balaban J connectivity index is 0.00000338. The molecule has 0 aliphatic heterocycles. The van der Waals surface area contributed by atoms with Gasteiger partial charge >= 0.3 is 0 Å². The van der Waals surface area contributed by atoms with Gasteiger partial charge in [0.05, 0.1) is 12.7 Å². The van der Waals surface area contributed by atoms with Crippen LogP contribution < -0.4 is 5.32 Å². The average molecular weight is 481 g/mol. The topological polar surface area (TPSA) is 46.1 Å². The molecule has 0 saturated heterocycles. The van der Waals surface area contributed by atoms with Crippen molar-refractivity contribution in [2.24, 2.45) is 10.9 Å². The number of nitrogens with zero attached hydrogens (tertiary/aromatic N) is 2. The van der Waals surface area contributed by atoms with Crippen molar-refractivity contribution in [1.29, 1.82) is 0 Å². The van der Waals surface area contributed by atoms with Crippen molar-refractivity contribution in [2.45, 2.75) is 70.3 Å². The Labute approximate surface area is 177 Å². The van der Waals surface area contributed by atoms with Gasteiger partial charge in [-0.15, -0.1) is 24.0 Å². The summed E-state index contributed by atoms with van der Waals surface area (Å²) in [6, 6.07) is 0. The van der Waals surface area contributed by atoms with Crippen LogP contribution in [0.15, 0.2) is 4.99 Å². The summed E-state index contributed by atoms with van der Waals surface area (Å²) in [6.45, 7) is 4.45. The van der Waals surface area contributed by atoms with Gasteiger partial charge in [0.1, 0.15) is 0 Å². The van der Waals surface area contributed by atoms with E-state index in [9.17, 15) is 0 Å². The first-order valence-electron chi connectivity index (χ1n) is 10.4. The fourth-order valence-electron chi connectivity index (χ4n) is 3.31. The molecule has 26 heavy (non-hydrogen) atoms. The number of halogens is 1. The van der Waals surface area contributed by atoms with Crippen molar-refractivity contribution >= 4 is 29.9 Å². The Bertz CT molecular complexity index is 370. The van der Waals surface area contributed by atoms with E-state index in [2.05, 4.69) is 22.3 Å². The molecule has 2 rings (SSSR count). The molecule has 0 atom stereocenters. The summed E-state index contributed by atoms with van der Waals surface area (Å²) in [6.07, 6.45) is 13.5. The van der Waals surface area contributed by atoms with Gasteiger partial charge in [-0.05, 0) is 44.4 Å². The van der Waals surface area contributed by atoms with E-state index in [4.69, 9.17) is 9.47 Å². The van der Waals surface area contributed by atoms with E-state index in [1.54, 1.807) is 0 Å². The number of rotatable bonds is 11. The summed E-state index contributed by atoms with van der Waals surface area (Å²) >= 11 is 0. The Hall–Kier alpha value is -0.0800. The minimum absolute atomic E-state index is 0. The Kier molecular flexibility index (Phi) is 13.7. The van der Waals surface area contributed by atoms with Crippen LogP contribution in [0.2, 0.25) is 0 Å². The van der Waals surface area contributed by atoms with Crippen molar-refractivity contribution in [2.75, 3.05) is 47.0 Å². The summed E-state index contributed by atoms with van der Waals surface area (Å²) in [5, 5.41) is 3.44. The van der Waals surface area contributed by atoms with Crippen LogP contribution in [-0.2, 0) is 9.47 Å². The molecule has 0 aromatic rings. The van der Waals surface area contributed by atoms with Crippen LogP contribution in [0.3, 0.4) is 0 Å². The highest BCUT2D eigenvalue weighted by Crippen LogP contribution is 2.28. The number of likely N-dealkylation sites (N-methyl/N-ethyl adjacent to an activating group) is 1. The molecule has 0 radical (unpaired) electrons. The number of ether oxygens (including phenoxy) is 2. The Morgan fingerprint density at radius 3 is 2.42 bits per heavy atom. The van der Waals surface area contributed by atoms with Gasteiger partial charge in [0.15, 0.2) is 5.96 Å². The van der Waals surface area contributed by atoms with E-state index in [0.29, 0.717) is 6.10 Å². The van der Waals surface area contributed by atoms with Crippen LogP contribution in [0.25, 0.3) is 0 Å². The van der Waals surface area contributed by atoms with Gasteiger partial charge < -0.3 is 19.7 Å². The Morgan fingerprint density at radius 2 is 1.77 bits per heavy atom. The normalized spacial score (nSPS) is 18.9. The lowest BCUT2D eigenvalue weighted by Crippen LogP contribution is -2.41. The van der Waals surface area contributed by atoms with Gasteiger partial charge in [-0.1, -0.05) is 25.7 Å². The molecular weight excluding hydrogens is 441 g/mol. The maximum Gasteiger partial charge on any atom is 0.193 e. The molecule has 0 heterocycles. The maximum atomic E-state index is 6.05. The van der Waals surface area contributed by atoms with Crippen LogP contribution in [0.5, 0.6) is 0 Å². The highest BCUT2D eigenvalue weighted by atomic mass is 127. The molecule has 0 amide bonds. The van der Waals surface area contributed by atoms with Crippen molar-refractivity contribution in [3.8, 4) is 0 Å². The molecule has 0 aromatic heterocycles. The number of nitrogens with one attached hydrogen (secondary N) is 1. The van der Waals surface area contributed by atoms with Crippen molar-refractivity contribution in [1.82, 2.24) is 10.2 Å². The predicted octanol–water partition coefficient (Wildman–Crippen LogP) is 4.06. The first-order valence-corrected chi connectivity index (χ1v) is 10.4. The van der Waals surface area contributed by atoms with E-state index in [1.165, 1.54) is 51.4 Å². The zero-order valence-electron chi connectivity index (χ0n) is 16.9. The molecule has 0 aromatic carbocycles. The van der Waals surface area contributed by atoms with Crippen molar-refractivity contribution < 1.29 is 9.47 Å². The predicted molar refractivity (Wildman–Crippen MR) is 120 cm³/mol. The first-order chi connectivity index (χ1) is 12.3. The third-order valence-corrected chi connectivity index (χ3v) is 5.20. The lowest BCUT2D eigenvalue weighted by atomic mass is 10.1. The minimum atomic E-state index is 0. The summed E-state index contributed by atoms with van der Waals surface area (Å²) in [4.78, 5) is 6.51. The molecule has 2 fully saturated rings. The van der Waals surface area contributed by atoms with Crippen LogP contribution in [0.4, 0.5) is 0 Å². The quantitative estimate of drug-likeness (QED) is 0.159. The molecule has 2 aliphatic rings. The summed E-state index contributed by atoms with van der Waals surface area (Å²) in [5.41, 5.74) is 0. The van der Waals surface area contributed by atoms with Crippen LogP contribution in [0, 0.1) is 5.92 Å². The van der Waals surface area contributed by atoms with E-state index in [0.717, 1.165) is 57.6 Å². The number of unbranched alkanes of at least 4 members (excludes halogenated alkanes) is 1. The molecule has 0 spiro atoms. The summed E-state index contributed by atoms with van der Waals surface area (Å²) in [7, 11) is 3.92. The highest BCUT2D eigenvalue weighted by molar-refractivity contribution is 14.0. The largest absolute Gasteiger partial charge is 0.379 e. The summed E-state index contributed by atoms with van der Waals surface area (Å²) in [5.74, 6) is 1.79. The molecule has 2 aliphatic carbocycles. The van der Waals surface area contributed by atoms with Gasteiger partial charge in [-0.2, -0.15) is 0 Å². The molecule has 0 bridgehead atoms. The van der Waals surface area contributed by atoms with Gasteiger partial charge in [-0.25, -0.2) is 0 Å². The van der Waals surface area contributed by atoms with Crippen LogP contribution in [-0.4, -0.2) is 64.0 Å². The second-order valence-electron chi connectivity index (χ2n) is 7.61. The Morgan fingerprint density at radius 1 is 1.04 bits per heavy atom. The van der Waals surface area contributed by atoms with Crippen LogP contribution >= 0.6 is 24.0 Å². The third kappa shape index (κ3) is 10.9. The number of guanidine groups is 1. The number of hydrogen-bond acceptors (Lipinski definition) is 3. The third-order valence-electron chi connectivity index (χ3n) is 5.20. The molecular formula is C20H40IN3O2. The van der Waals surface area contributed by atoms with Gasteiger partial charge in [0, 0.05) is 40.4 Å². The minimum Gasteiger partial charge on any atom is -0.379 e. The van der Waals surface area contributed by atoms with Gasteiger partial charge in [0.25, 0.3) is 0 Å². The van der Waals surface area contributed by atoms with E-state index in [1.807, 2.05) is 7.05 Å². The fraction of sp³-hybridized carbons (Fsp3) is 0.950. The van der Waals surface area contributed by atoms with E-state index < -0.39 is 0 Å².